The van der Waals surface area contributed by atoms with Gasteiger partial charge in [-0.05, 0) is 43.5 Å². The molecule has 3 rings (SSSR count). The SMILES string of the molecule is CCOC(=O)CCc1c(COC)nn2c(CC)ccc2c1-c1cncc(OC)c1. The summed E-state index contributed by atoms with van der Waals surface area (Å²) in [6.07, 6.45) is 5.10. The van der Waals surface area contributed by atoms with Gasteiger partial charge in [0, 0.05) is 36.5 Å². The number of carbonyl (C=O) groups excluding carboxylic acids is 1. The number of methoxy groups -OCH3 is 2. The number of fused-ring (bicyclic) bond motifs is 1. The number of esters is 1. The molecule has 0 spiro atoms. The molecule has 3 heterocycles. The van der Waals surface area contributed by atoms with Gasteiger partial charge in [0.15, 0.2) is 0 Å². The number of carbonyl (C=O) groups is 1. The minimum absolute atomic E-state index is 0.227. The number of nitrogens with zero attached hydrogens (tertiary/aromatic N) is 3. The third-order valence-corrected chi connectivity index (χ3v) is 4.83. The Morgan fingerprint density at radius 2 is 2.00 bits per heavy atom. The first-order chi connectivity index (χ1) is 14.1. The first-order valence-electron chi connectivity index (χ1n) is 9.79. The maximum atomic E-state index is 12.0. The number of pyridine rings is 1. The molecular formula is C22H27N3O4. The average molecular weight is 397 g/mol. The maximum Gasteiger partial charge on any atom is 0.306 e. The summed E-state index contributed by atoms with van der Waals surface area (Å²) in [5, 5.41) is 4.84. The smallest absolute Gasteiger partial charge is 0.306 e. The lowest BCUT2D eigenvalue weighted by Crippen LogP contribution is -2.12. The highest BCUT2D eigenvalue weighted by Crippen LogP contribution is 2.34. The van der Waals surface area contributed by atoms with Gasteiger partial charge in [0.05, 0.1) is 37.7 Å². The zero-order valence-electron chi connectivity index (χ0n) is 17.4. The molecule has 0 saturated heterocycles. The second-order valence-electron chi connectivity index (χ2n) is 6.63. The molecule has 0 aliphatic carbocycles. The Hall–Kier alpha value is -2.93. The molecule has 0 unspecified atom stereocenters. The van der Waals surface area contributed by atoms with Crippen LogP contribution in [0.3, 0.4) is 0 Å². The molecule has 3 aromatic rings. The first kappa shape index (κ1) is 20.8. The van der Waals surface area contributed by atoms with Crippen molar-refractivity contribution in [2.24, 2.45) is 0 Å². The van der Waals surface area contributed by atoms with Crippen LogP contribution in [0.1, 0.15) is 37.2 Å². The van der Waals surface area contributed by atoms with E-state index in [1.54, 1.807) is 26.6 Å². The Labute approximate surface area is 170 Å². The van der Waals surface area contributed by atoms with Crippen molar-refractivity contribution in [3.8, 4) is 16.9 Å². The number of hydrogen-bond donors (Lipinski definition) is 0. The minimum Gasteiger partial charge on any atom is -0.495 e. The van der Waals surface area contributed by atoms with Crippen LogP contribution in [0, 0.1) is 0 Å². The fourth-order valence-corrected chi connectivity index (χ4v) is 3.50. The van der Waals surface area contributed by atoms with E-state index in [9.17, 15) is 4.79 Å². The second kappa shape index (κ2) is 9.52. The lowest BCUT2D eigenvalue weighted by atomic mass is 9.96. The molecule has 0 atom stereocenters. The van der Waals surface area contributed by atoms with Gasteiger partial charge in [-0.3, -0.25) is 9.78 Å². The highest BCUT2D eigenvalue weighted by Gasteiger charge is 2.20. The number of aromatic nitrogens is 3. The fourth-order valence-electron chi connectivity index (χ4n) is 3.50. The molecule has 0 fully saturated rings. The van der Waals surface area contributed by atoms with Gasteiger partial charge in [0.1, 0.15) is 5.75 Å². The summed E-state index contributed by atoms with van der Waals surface area (Å²) in [4.78, 5) is 16.4. The average Bonchev–Trinajstić information content (AvgIpc) is 3.14. The number of rotatable bonds is 9. The van der Waals surface area contributed by atoms with Crippen LogP contribution in [0.25, 0.3) is 16.6 Å². The van der Waals surface area contributed by atoms with Crippen LogP contribution in [-0.4, -0.2) is 41.4 Å². The summed E-state index contributed by atoms with van der Waals surface area (Å²) in [5.74, 6) is 0.444. The van der Waals surface area contributed by atoms with Gasteiger partial charge in [0.25, 0.3) is 0 Å². The van der Waals surface area contributed by atoms with Crippen LogP contribution in [-0.2, 0) is 33.7 Å². The van der Waals surface area contributed by atoms with Crippen molar-refractivity contribution >= 4 is 11.5 Å². The van der Waals surface area contributed by atoms with Crippen LogP contribution in [0.15, 0.2) is 30.6 Å². The molecule has 0 aliphatic rings. The normalized spacial score (nSPS) is 11.0. The highest BCUT2D eigenvalue weighted by atomic mass is 16.5. The summed E-state index contributed by atoms with van der Waals surface area (Å²) in [7, 11) is 3.26. The molecular weight excluding hydrogens is 370 g/mol. The van der Waals surface area contributed by atoms with E-state index in [1.807, 2.05) is 17.5 Å². The third kappa shape index (κ3) is 4.40. The van der Waals surface area contributed by atoms with E-state index in [1.165, 1.54) is 0 Å². The molecule has 0 N–H and O–H groups in total. The Morgan fingerprint density at radius 3 is 2.69 bits per heavy atom. The van der Waals surface area contributed by atoms with Crippen molar-refractivity contribution in [2.75, 3.05) is 20.8 Å². The van der Waals surface area contributed by atoms with Crippen LogP contribution in [0.4, 0.5) is 0 Å². The van der Waals surface area contributed by atoms with Gasteiger partial charge >= 0.3 is 5.97 Å². The standard InChI is InChI=1S/C22H27N3O4/c1-5-16-7-9-20-22(15-11-17(28-4)13-23-12-15)18(8-10-21(26)29-6-2)19(14-27-3)24-25(16)20/h7,9,11-13H,5-6,8,10,14H2,1-4H3. The predicted molar refractivity (Wildman–Crippen MR) is 110 cm³/mol. The van der Waals surface area contributed by atoms with E-state index in [2.05, 4.69) is 24.0 Å². The summed E-state index contributed by atoms with van der Waals surface area (Å²) in [5.41, 5.74) is 5.73. The monoisotopic (exact) mass is 397 g/mol. The van der Waals surface area contributed by atoms with Crippen molar-refractivity contribution in [3.63, 3.8) is 0 Å². The number of hydrogen-bond acceptors (Lipinski definition) is 6. The summed E-state index contributed by atoms with van der Waals surface area (Å²) in [6, 6.07) is 6.08. The number of aryl methyl sites for hydroxylation is 1. The quantitative estimate of drug-likeness (QED) is 0.514. The van der Waals surface area contributed by atoms with Crippen molar-refractivity contribution < 1.29 is 19.0 Å². The molecule has 0 amide bonds. The molecule has 154 valence electrons. The minimum atomic E-state index is -0.227. The Balaban J connectivity index is 2.23. The molecule has 7 heteroatoms. The largest absolute Gasteiger partial charge is 0.495 e. The number of ether oxygens (including phenoxy) is 3. The Bertz CT molecular complexity index is 997. The van der Waals surface area contributed by atoms with Crippen molar-refractivity contribution in [3.05, 3.63) is 47.5 Å². The van der Waals surface area contributed by atoms with Gasteiger partial charge in [0.2, 0.25) is 0 Å². The van der Waals surface area contributed by atoms with E-state index in [0.717, 1.165) is 40.0 Å². The van der Waals surface area contributed by atoms with E-state index in [-0.39, 0.29) is 12.4 Å². The predicted octanol–water partition coefficient (Wildman–Crippen LogP) is 3.61. The van der Waals surface area contributed by atoms with Gasteiger partial charge in [-0.15, -0.1) is 0 Å². The summed E-state index contributed by atoms with van der Waals surface area (Å²) < 4.78 is 17.9. The van der Waals surface area contributed by atoms with Crippen LogP contribution < -0.4 is 4.74 Å². The van der Waals surface area contributed by atoms with Crippen LogP contribution >= 0.6 is 0 Å². The van der Waals surface area contributed by atoms with Crippen molar-refractivity contribution in [1.82, 2.24) is 14.6 Å². The molecule has 3 aromatic heterocycles. The topological polar surface area (TPSA) is 75.0 Å². The lowest BCUT2D eigenvalue weighted by molar-refractivity contribution is -0.143. The summed E-state index contributed by atoms with van der Waals surface area (Å²) >= 11 is 0. The second-order valence-corrected chi connectivity index (χ2v) is 6.63. The molecule has 0 saturated carbocycles. The lowest BCUT2D eigenvalue weighted by Gasteiger charge is -2.17. The van der Waals surface area contributed by atoms with Gasteiger partial charge in [-0.2, -0.15) is 5.10 Å². The van der Waals surface area contributed by atoms with Crippen molar-refractivity contribution in [2.45, 2.75) is 39.7 Å². The molecule has 0 bridgehead atoms. The first-order valence-corrected chi connectivity index (χ1v) is 9.79. The summed E-state index contributed by atoms with van der Waals surface area (Å²) in [6.45, 7) is 4.62. The van der Waals surface area contributed by atoms with Crippen molar-refractivity contribution in [1.29, 1.82) is 0 Å². The molecule has 0 aliphatic heterocycles. The van der Waals surface area contributed by atoms with Gasteiger partial charge in [-0.25, -0.2) is 4.52 Å². The molecule has 29 heavy (non-hydrogen) atoms. The Morgan fingerprint density at radius 1 is 1.17 bits per heavy atom. The fraction of sp³-hybridized carbons (Fsp3) is 0.409. The highest BCUT2D eigenvalue weighted by molar-refractivity contribution is 5.84. The molecule has 7 nitrogen and oxygen atoms in total. The van der Waals surface area contributed by atoms with E-state index in [0.29, 0.717) is 25.4 Å². The zero-order valence-corrected chi connectivity index (χ0v) is 17.4. The van der Waals surface area contributed by atoms with Crippen LogP contribution in [0.2, 0.25) is 0 Å². The zero-order chi connectivity index (χ0) is 20.8. The van der Waals surface area contributed by atoms with E-state index in [4.69, 9.17) is 19.3 Å². The Kier molecular flexibility index (Phi) is 6.82. The maximum absolute atomic E-state index is 12.0. The van der Waals surface area contributed by atoms with Crippen LogP contribution in [0.5, 0.6) is 5.75 Å². The van der Waals surface area contributed by atoms with E-state index < -0.39 is 0 Å². The van der Waals surface area contributed by atoms with Gasteiger partial charge < -0.3 is 14.2 Å². The molecule has 0 aromatic carbocycles. The van der Waals surface area contributed by atoms with E-state index >= 15 is 0 Å². The third-order valence-electron chi connectivity index (χ3n) is 4.83. The molecule has 0 radical (unpaired) electrons. The van der Waals surface area contributed by atoms with Gasteiger partial charge in [-0.1, -0.05) is 6.92 Å².